The lowest BCUT2D eigenvalue weighted by molar-refractivity contribution is -0.689. The Morgan fingerprint density at radius 2 is 1.91 bits per heavy atom. The van der Waals surface area contributed by atoms with Gasteiger partial charge in [-0.1, -0.05) is 0 Å². The van der Waals surface area contributed by atoms with Crippen molar-refractivity contribution >= 4 is 27.0 Å². The van der Waals surface area contributed by atoms with Crippen LogP contribution in [0.3, 0.4) is 0 Å². The molecule has 33 heavy (non-hydrogen) atoms. The number of H-pyrrole nitrogens is 1. The fourth-order valence-electron chi connectivity index (χ4n) is 4.60. The third kappa shape index (κ3) is 4.55. The summed E-state index contributed by atoms with van der Waals surface area (Å²) in [6.07, 6.45) is 4.93. The van der Waals surface area contributed by atoms with Crippen LogP contribution in [0, 0.1) is 5.92 Å². The van der Waals surface area contributed by atoms with Crippen molar-refractivity contribution in [2.45, 2.75) is 69.5 Å². The maximum atomic E-state index is 13.6. The Hall–Kier alpha value is -2.68. The van der Waals surface area contributed by atoms with Crippen LogP contribution in [0.1, 0.15) is 62.6 Å². The zero-order valence-corrected chi connectivity index (χ0v) is 20.4. The van der Waals surface area contributed by atoms with Crippen molar-refractivity contribution in [3.05, 3.63) is 48.0 Å². The smallest absolute Gasteiger partial charge is 0.267 e. The number of aromatic amines is 1. The Morgan fingerprint density at radius 3 is 2.55 bits per heavy atom. The molecule has 2 N–H and O–H groups in total. The molecule has 4 rings (SSSR count). The van der Waals surface area contributed by atoms with Gasteiger partial charge in [0.2, 0.25) is 0 Å². The molecule has 1 fully saturated rings. The molecule has 1 aliphatic carbocycles. The molecule has 1 amide bonds. The van der Waals surface area contributed by atoms with Gasteiger partial charge in [0.05, 0.1) is 22.4 Å². The van der Waals surface area contributed by atoms with Crippen LogP contribution in [0.4, 0.5) is 4.39 Å². The Labute approximate surface area is 194 Å². The number of rotatable bonds is 5. The lowest BCUT2D eigenvalue weighted by atomic mass is 9.87. The van der Waals surface area contributed by atoms with E-state index < -0.39 is 16.2 Å². The second kappa shape index (κ2) is 8.59. The van der Waals surface area contributed by atoms with E-state index >= 15 is 0 Å². The van der Waals surface area contributed by atoms with Crippen molar-refractivity contribution in [2.75, 3.05) is 7.05 Å². The van der Waals surface area contributed by atoms with Gasteiger partial charge in [-0.2, -0.15) is 0 Å². The van der Waals surface area contributed by atoms with E-state index in [0.29, 0.717) is 18.8 Å². The second-order valence-corrected chi connectivity index (χ2v) is 11.8. The van der Waals surface area contributed by atoms with E-state index in [2.05, 4.69) is 35.6 Å². The van der Waals surface area contributed by atoms with E-state index in [1.165, 1.54) is 25.5 Å². The summed E-state index contributed by atoms with van der Waals surface area (Å²) < 4.78 is 43.3. The van der Waals surface area contributed by atoms with Gasteiger partial charge in [-0.15, -0.1) is 0 Å². The quantitative estimate of drug-likeness (QED) is 0.552. The molecule has 0 saturated heterocycles. The number of hydrogen-bond acceptors (Lipinski definition) is 3. The summed E-state index contributed by atoms with van der Waals surface area (Å²) in [6, 6.07) is 6.56. The van der Waals surface area contributed by atoms with Crippen LogP contribution in [0.15, 0.2) is 41.6 Å². The maximum absolute atomic E-state index is 13.6. The van der Waals surface area contributed by atoms with Gasteiger partial charge < -0.3 is 5.32 Å². The van der Waals surface area contributed by atoms with Gasteiger partial charge in [0.1, 0.15) is 6.17 Å². The molecule has 9 heteroatoms. The van der Waals surface area contributed by atoms with E-state index in [1.54, 1.807) is 12.1 Å². The number of imidazole rings is 1. The molecule has 0 unspecified atom stereocenters. The largest absolute Gasteiger partial charge is 0.355 e. The van der Waals surface area contributed by atoms with Crippen molar-refractivity contribution < 1.29 is 22.2 Å². The summed E-state index contributed by atoms with van der Waals surface area (Å²) in [4.78, 5) is 15.4. The lowest BCUT2D eigenvalue weighted by Crippen LogP contribution is -2.45. The number of aromatic nitrogens is 3. The Morgan fingerprint density at radius 1 is 1.21 bits per heavy atom. The van der Waals surface area contributed by atoms with Gasteiger partial charge >= 0.3 is 0 Å². The number of nitrogens with one attached hydrogen (secondary N) is 2. The summed E-state index contributed by atoms with van der Waals surface area (Å²) in [5, 5.41) is 2.49. The molecular formula is C24H32FN4O3S+. The number of amides is 1. The first kappa shape index (κ1) is 23.5. The van der Waals surface area contributed by atoms with Crippen molar-refractivity contribution in [3.8, 4) is 0 Å². The van der Waals surface area contributed by atoms with Crippen LogP contribution in [0.5, 0.6) is 0 Å². The molecule has 0 aliphatic heterocycles. The van der Waals surface area contributed by atoms with Gasteiger partial charge in [-0.25, -0.2) is 26.3 Å². The number of alkyl halides is 1. The van der Waals surface area contributed by atoms with Crippen molar-refractivity contribution in [1.29, 1.82) is 0 Å². The third-order valence-electron chi connectivity index (χ3n) is 6.44. The molecule has 178 valence electrons. The zero-order valence-electron chi connectivity index (χ0n) is 19.6. The summed E-state index contributed by atoms with van der Waals surface area (Å²) in [5.41, 5.74) is 1.76. The highest BCUT2D eigenvalue weighted by Gasteiger charge is 2.33. The number of benzene rings is 1. The predicted octanol–water partition coefficient (Wildman–Crippen LogP) is 3.68. The average Bonchev–Trinajstić information content (AvgIpc) is 3.40. The Kier molecular flexibility index (Phi) is 6.11. The Bertz CT molecular complexity index is 1280. The normalized spacial score (nSPS) is 19.7. The van der Waals surface area contributed by atoms with Crippen LogP contribution < -0.4 is 9.88 Å². The first-order valence-corrected chi connectivity index (χ1v) is 12.8. The average molecular weight is 476 g/mol. The monoisotopic (exact) mass is 475 g/mol. The Balaban J connectivity index is 1.73. The zero-order chi connectivity index (χ0) is 24.0. The van der Waals surface area contributed by atoms with Crippen molar-refractivity contribution in [1.82, 2.24) is 14.3 Å². The topological polar surface area (TPSA) is 87.8 Å². The van der Waals surface area contributed by atoms with Gasteiger partial charge in [-0.3, -0.25) is 4.79 Å². The molecule has 1 saturated carbocycles. The standard InChI is InChI=1S/C24H31FN4O3S/c1-24(2,3)23-27-20-13-19(33(31,32)28-12-11-17(15-28)22(30)26-4)9-10-21(20)29(23)14-16-5-7-18(25)8-6-16/h9-13,15-16,18H,5-8,14H2,1-4H3,(H,26,30)/p+1. The van der Waals surface area contributed by atoms with Gasteiger partial charge in [-0.05, 0) is 70.6 Å². The van der Waals surface area contributed by atoms with E-state index in [0.717, 1.165) is 40.2 Å². The lowest BCUT2D eigenvalue weighted by Gasteiger charge is -2.24. The van der Waals surface area contributed by atoms with Gasteiger partial charge in [0.15, 0.2) is 11.0 Å². The first-order valence-electron chi connectivity index (χ1n) is 11.4. The highest BCUT2D eigenvalue weighted by molar-refractivity contribution is 7.90. The number of fused-ring (bicyclic) bond motifs is 1. The molecule has 2 heterocycles. The number of hydrogen-bond donors (Lipinski definition) is 2. The highest BCUT2D eigenvalue weighted by atomic mass is 32.2. The molecular weight excluding hydrogens is 443 g/mol. The molecule has 2 aromatic heterocycles. The van der Waals surface area contributed by atoms with E-state index in [9.17, 15) is 17.6 Å². The minimum atomic E-state index is -3.86. The molecule has 0 radical (unpaired) electrons. The summed E-state index contributed by atoms with van der Waals surface area (Å²) >= 11 is 0. The molecule has 0 atom stereocenters. The number of halogens is 1. The summed E-state index contributed by atoms with van der Waals surface area (Å²) in [6.45, 7) is 7.12. The van der Waals surface area contributed by atoms with Crippen LogP contribution >= 0.6 is 0 Å². The highest BCUT2D eigenvalue weighted by Crippen LogP contribution is 2.29. The van der Waals surface area contributed by atoms with Crippen LogP contribution in [-0.2, 0) is 22.0 Å². The van der Waals surface area contributed by atoms with Gasteiger partial charge in [0, 0.05) is 25.5 Å². The molecule has 0 bridgehead atoms. The van der Waals surface area contributed by atoms with Gasteiger partial charge in [0.25, 0.3) is 21.8 Å². The minimum Gasteiger partial charge on any atom is -0.355 e. The maximum Gasteiger partial charge on any atom is 0.267 e. The third-order valence-corrected chi connectivity index (χ3v) is 8.07. The molecule has 7 nitrogen and oxygen atoms in total. The van der Waals surface area contributed by atoms with Crippen molar-refractivity contribution in [3.63, 3.8) is 0 Å². The second-order valence-electron chi connectivity index (χ2n) is 9.95. The van der Waals surface area contributed by atoms with E-state index in [1.807, 2.05) is 6.07 Å². The summed E-state index contributed by atoms with van der Waals surface area (Å²) in [7, 11) is -2.36. The fourth-order valence-corrected chi connectivity index (χ4v) is 5.82. The molecule has 0 spiro atoms. The number of nitrogens with zero attached hydrogens (tertiary/aromatic N) is 2. The van der Waals surface area contributed by atoms with Crippen LogP contribution in [-0.4, -0.2) is 36.5 Å². The number of carbonyl (C=O) groups excluding carboxylic acids is 1. The minimum absolute atomic E-state index is 0.140. The van der Waals surface area contributed by atoms with Crippen molar-refractivity contribution in [2.24, 2.45) is 5.92 Å². The predicted molar refractivity (Wildman–Crippen MR) is 124 cm³/mol. The van der Waals surface area contributed by atoms with E-state index in [4.69, 9.17) is 0 Å². The van der Waals surface area contributed by atoms with E-state index in [-0.39, 0.29) is 21.8 Å². The molecule has 3 aromatic rings. The van der Waals surface area contributed by atoms with Crippen LogP contribution in [0.25, 0.3) is 11.0 Å². The number of carbonyl (C=O) groups is 1. The molecule has 1 aliphatic rings. The first-order chi connectivity index (χ1) is 15.5. The fraction of sp³-hybridized carbons (Fsp3) is 0.500. The van der Waals surface area contributed by atoms with Crippen LogP contribution in [0.2, 0.25) is 0 Å². The SMILES string of the molecule is CNC(=O)c1ccn(S(=O)(=O)c2ccc3c(c2)[nH]c(C(C)(C)C)[n+]3CC2CCC(F)CC2)c1. The summed E-state index contributed by atoms with van der Waals surface area (Å²) in [5.74, 6) is 1.06. The molecule has 1 aromatic carbocycles.